The first-order valence-electron chi connectivity index (χ1n) is 6.72. The number of rotatable bonds is 7. The Hall–Kier alpha value is -0.310. The summed E-state index contributed by atoms with van der Waals surface area (Å²) in [5, 5.41) is 0. The van der Waals surface area contributed by atoms with Crippen molar-refractivity contribution < 1.29 is 0 Å². The highest BCUT2D eigenvalue weighted by Gasteiger charge is 2.06. The van der Waals surface area contributed by atoms with Gasteiger partial charge in [0.25, 0.3) is 0 Å². The maximum absolute atomic E-state index is 2.55. The third kappa shape index (κ3) is 5.24. The molecular weight excluding hydrogens is 319 g/mol. The van der Waals surface area contributed by atoms with E-state index in [1.165, 1.54) is 44.1 Å². The normalized spacial score (nSPS) is 12.4. The van der Waals surface area contributed by atoms with Crippen molar-refractivity contribution in [3.63, 3.8) is 0 Å². The van der Waals surface area contributed by atoms with Crippen molar-refractivity contribution in [2.24, 2.45) is 0 Å². The number of hydrogen-bond acceptors (Lipinski definition) is 0. The lowest BCUT2D eigenvalue weighted by Gasteiger charge is -2.11. The molecule has 0 aliphatic carbocycles. The largest absolute Gasteiger partial charge is 0.0654 e. The molecule has 0 saturated carbocycles. The Morgan fingerprint density at radius 3 is 2.12 bits per heavy atom. The van der Waals surface area contributed by atoms with Gasteiger partial charge in [0.05, 0.1) is 0 Å². The molecule has 0 N–H and O–H groups in total. The third-order valence-electron chi connectivity index (χ3n) is 2.98. The molecule has 0 aliphatic heterocycles. The molecule has 0 nitrogen and oxygen atoms in total. The number of unbranched alkanes of at least 4 members (excludes halogenated alkanes) is 2. The highest BCUT2D eigenvalue weighted by molar-refractivity contribution is 14.1. The molecule has 0 radical (unpaired) electrons. The minimum absolute atomic E-state index is 1.22. The zero-order valence-electron chi connectivity index (χ0n) is 11.0. The number of hydrogen-bond donors (Lipinski definition) is 0. The molecule has 0 spiro atoms. The van der Waals surface area contributed by atoms with Crippen LogP contribution in [0.5, 0.6) is 0 Å². The van der Waals surface area contributed by atoms with Gasteiger partial charge in [0.2, 0.25) is 0 Å². The van der Waals surface area contributed by atoms with E-state index in [0.717, 1.165) is 0 Å². The van der Waals surface area contributed by atoms with Crippen molar-refractivity contribution in [1.29, 1.82) is 0 Å². The smallest absolute Gasteiger partial charge is 0.00561 e. The van der Waals surface area contributed by atoms with Crippen LogP contribution in [0.25, 0.3) is 5.57 Å². The molecule has 0 heterocycles. The van der Waals surface area contributed by atoms with Gasteiger partial charge in [-0.05, 0) is 63.0 Å². The molecule has 94 valence electrons. The van der Waals surface area contributed by atoms with Crippen molar-refractivity contribution in [2.45, 2.75) is 52.4 Å². The summed E-state index contributed by atoms with van der Waals surface area (Å²) in [4.78, 5) is 0. The molecule has 0 aliphatic rings. The van der Waals surface area contributed by atoms with Crippen molar-refractivity contribution in [2.75, 3.05) is 0 Å². The Kier molecular flexibility index (Phi) is 7.58. The Balaban J connectivity index is 2.86. The lowest BCUT2D eigenvalue weighted by molar-refractivity contribution is 0.798. The number of benzene rings is 1. The van der Waals surface area contributed by atoms with E-state index >= 15 is 0 Å². The average Bonchev–Trinajstić information content (AvgIpc) is 2.38. The fourth-order valence-electron chi connectivity index (χ4n) is 1.91. The number of allylic oxidation sites excluding steroid dienone is 2. The van der Waals surface area contributed by atoms with Crippen LogP contribution in [0.3, 0.4) is 0 Å². The summed E-state index contributed by atoms with van der Waals surface area (Å²) < 4.78 is 1.56. The van der Waals surface area contributed by atoms with Crippen LogP contribution in [-0.2, 0) is 0 Å². The van der Waals surface area contributed by atoms with Gasteiger partial charge in [-0.3, -0.25) is 0 Å². The SMILES string of the molecule is CCCC/C(I)=C(\CCCC)c1ccccc1. The first kappa shape index (κ1) is 14.7. The van der Waals surface area contributed by atoms with E-state index in [1.807, 2.05) is 0 Å². The first-order valence-corrected chi connectivity index (χ1v) is 7.80. The molecule has 1 rings (SSSR count). The van der Waals surface area contributed by atoms with Crippen LogP contribution in [0.15, 0.2) is 33.9 Å². The van der Waals surface area contributed by atoms with Gasteiger partial charge in [-0.25, -0.2) is 0 Å². The lowest BCUT2D eigenvalue weighted by Crippen LogP contribution is -1.89. The molecule has 0 unspecified atom stereocenters. The highest BCUT2D eigenvalue weighted by Crippen LogP contribution is 2.31. The molecule has 0 saturated heterocycles. The van der Waals surface area contributed by atoms with Gasteiger partial charge in [0, 0.05) is 0 Å². The standard InChI is InChI=1S/C16H23I/c1-3-5-12-15(16(17)13-6-4-2)14-10-8-7-9-11-14/h7-11H,3-6,12-13H2,1-2H3/b16-15-. The summed E-state index contributed by atoms with van der Waals surface area (Å²) in [7, 11) is 0. The molecule has 0 atom stereocenters. The second kappa shape index (κ2) is 8.73. The van der Waals surface area contributed by atoms with Gasteiger partial charge in [-0.1, -0.05) is 57.0 Å². The highest BCUT2D eigenvalue weighted by atomic mass is 127. The molecule has 17 heavy (non-hydrogen) atoms. The van der Waals surface area contributed by atoms with E-state index in [2.05, 4.69) is 66.8 Å². The summed E-state index contributed by atoms with van der Waals surface area (Å²) >= 11 is 2.55. The van der Waals surface area contributed by atoms with Crippen LogP contribution < -0.4 is 0 Å². The van der Waals surface area contributed by atoms with Crippen molar-refractivity contribution >= 4 is 28.2 Å². The molecule has 0 aromatic heterocycles. The van der Waals surface area contributed by atoms with Crippen LogP contribution in [0.4, 0.5) is 0 Å². The van der Waals surface area contributed by atoms with E-state index in [9.17, 15) is 0 Å². The third-order valence-corrected chi connectivity index (χ3v) is 4.17. The van der Waals surface area contributed by atoms with Crippen LogP contribution in [0.1, 0.15) is 57.9 Å². The van der Waals surface area contributed by atoms with Crippen molar-refractivity contribution in [1.82, 2.24) is 0 Å². The Morgan fingerprint density at radius 1 is 0.941 bits per heavy atom. The van der Waals surface area contributed by atoms with Gasteiger partial charge < -0.3 is 0 Å². The van der Waals surface area contributed by atoms with Gasteiger partial charge >= 0.3 is 0 Å². The van der Waals surface area contributed by atoms with Gasteiger partial charge in [0.15, 0.2) is 0 Å². The summed E-state index contributed by atoms with van der Waals surface area (Å²) in [6.45, 7) is 4.53. The van der Waals surface area contributed by atoms with Crippen molar-refractivity contribution in [3.8, 4) is 0 Å². The molecule has 1 aromatic carbocycles. The van der Waals surface area contributed by atoms with Crippen molar-refractivity contribution in [3.05, 3.63) is 39.5 Å². The molecular formula is C16H23I. The Labute approximate surface area is 120 Å². The Bertz CT molecular complexity index is 338. The molecule has 0 bridgehead atoms. The van der Waals surface area contributed by atoms with E-state index in [1.54, 1.807) is 9.15 Å². The second-order valence-electron chi connectivity index (χ2n) is 4.46. The predicted octanol–water partition coefficient (Wildman–Crippen LogP) is 6.21. The summed E-state index contributed by atoms with van der Waals surface area (Å²) in [5.74, 6) is 0. The van der Waals surface area contributed by atoms with E-state index in [4.69, 9.17) is 0 Å². The zero-order valence-corrected chi connectivity index (χ0v) is 13.2. The fourth-order valence-corrected chi connectivity index (χ4v) is 2.87. The van der Waals surface area contributed by atoms with Crippen LogP contribution in [0, 0.1) is 0 Å². The van der Waals surface area contributed by atoms with Crippen LogP contribution in [-0.4, -0.2) is 0 Å². The molecule has 1 heteroatoms. The molecule has 0 amide bonds. The average molecular weight is 342 g/mol. The summed E-state index contributed by atoms with van der Waals surface area (Å²) in [5.41, 5.74) is 2.99. The van der Waals surface area contributed by atoms with E-state index < -0.39 is 0 Å². The number of halogens is 1. The molecule has 0 fully saturated rings. The maximum atomic E-state index is 2.55. The first-order chi connectivity index (χ1) is 8.29. The van der Waals surface area contributed by atoms with Gasteiger partial charge in [-0.15, -0.1) is 0 Å². The summed E-state index contributed by atoms with van der Waals surface area (Å²) in [6, 6.07) is 10.9. The van der Waals surface area contributed by atoms with Gasteiger partial charge in [-0.2, -0.15) is 0 Å². The minimum atomic E-state index is 1.22. The predicted molar refractivity (Wildman–Crippen MR) is 86.4 cm³/mol. The van der Waals surface area contributed by atoms with E-state index in [0.29, 0.717) is 0 Å². The van der Waals surface area contributed by atoms with Gasteiger partial charge in [0.1, 0.15) is 0 Å². The minimum Gasteiger partial charge on any atom is -0.0654 e. The molecule has 1 aromatic rings. The quantitative estimate of drug-likeness (QED) is 0.517. The fraction of sp³-hybridized carbons (Fsp3) is 0.500. The van der Waals surface area contributed by atoms with Crippen LogP contribution in [0.2, 0.25) is 0 Å². The summed E-state index contributed by atoms with van der Waals surface area (Å²) in [6.07, 6.45) is 7.62. The van der Waals surface area contributed by atoms with E-state index in [-0.39, 0.29) is 0 Å². The topological polar surface area (TPSA) is 0 Å². The van der Waals surface area contributed by atoms with Crippen LogP contribution >= 0.6 is 22.6 Å². The second-order valence-corrected chi connectivity index (χ2v) is 5.76. The zero-order chi connectivity index (χ0) is 12.5. The maximum Gasteiger partial charge on any atom is -0.00561 e. The monoisotopic (exact) mass is 342 g/mol. The lowest BCUT2D eigenvalue weighted by atomic mass is 9.98. The Morgan fingerprint density at radius 2 is 1.53 bits per heavy atom.